The number of ether oxygens (including phenoxy) is 1. The third kappa shape index (κ3) is 3.09. The van der Waals surface area contributed by atoms with Crippen LogP contribution in [0.5, 0.6) is 17.2 Å². The number of aromatic hydroxyl groups is 2. The molecule has 5 aromatic rings. The molecular formula is C27H17NO6. The van der Waals surface area contributed by atoms with Crippen molar-refractivity contribution in [1.82, 2.24) is 4.98 Å². The smallest absolute Gasteiger partial charge is 0.312 e. The summed E-state index contributed by atoms with van der Waals surface area (Å²) in [5, 5.41) is 21.1. The van der Waals surface area contributed by atoms with E-state index in [2.05, 4.69) is 4.98 Å². The van der Waals surface area contributed by atoms with Gasteiger partial charge in [0.25, 0.3) is 0 Å². The van der Waals surface area contributed by atoms with Crippen molar-refractivity contribution in [1.29, 1.82) is 0 Å². The van der Waals surface area contributed by atoms with Crippen LogP contribution in [0.25, 0.3) is 33.2 Å². The lowest BCUT2D eigenvalue weighted by Crippen LogP contribution is -2.22. The van der Waals surface area contributed by atoms with Crippen LogP contribution in [-0.4, -0.2) is 21.2 Å². The number of fused-ring (bicyclic) bond motifs is 4. The number of benzene rings is 3. The zero-order chi connectivity index (χ0) is 23.4. The van der Waals surface area contributed by atoms with Crippen LogP contribution in [0.2, 0.25) is 0 Å². The number of nitrogens with zero attached hydrogens (tertiary/aromatic N) is 1. The Morgan fingerprint density at radius 2 is 1.74 bits per heavy atom. The summed E-state index contributed by atoms with van der Waals surface area (Å²) in [6.07, 6.45) is 1.71. The van der Waals surface area contributed by atoms with Crippen LogP contribution < -0.4 is 10.2 Å². The summed E-state index contributed by atoms with van der Waals surface area (Å²) < 4.78 is 11.7. The molecule has 7 heteroatoms. The second-order valence-electron chi connectivity index (χ2n) is 8.18. The molecule has 7 nitrogen and oxygen atoms in total. The highest BCUT2D eigenvalue weighted by Crippen LogP contribution is 2.47. The Hall–Kier alpha value is -4.65. The summed E-state index contributed by atoms with van der Waals surface area (Å²) in [4.78, 5) is 30.0. The van der Waals surface area contributed by atoms with E-state index in [1.165, 1.54) is 24.3 Å². The molecule has 0 saturated carbocycles. The van der Waals surface area contributed by atoms with E-state index in [0.29, 0.717) is 11.1 Å². The van der Waals surface area contributed by atoms with Crippen LogP contribution in [0.4, 0.5) is 0 Å². The maximum Gasteiger partial charge on any atom is 0.312 e. The maximum absolute atomic E-state index is 13.1. The first-order valence-corrected chi connectivity index (χ1v) is 10.7. The number of pyridine rings is 1. The minimum Gasteiger partial charge on any atom is -0.508 e. The average Bonchev–Trinajstić information content (AvgIpc) is 2.83. The Morgan fingerprint density at radius 1 is 0.941 bits per heavy atom. The number of aromatic nitrogens is 1. The van der Waals surface area contributed by atoms with Crippen molar-refractivity contribution in [3.8, 4) is 28.6 Å². The quantitative estimate of drug-likeness (QED) is 0.291. The highest BCUT2D eigenvalue weighted by Gasteiger charge is 2.34. The van der Waals surface area contributed by atoms with Crippen molar-refractivity contribution in [2.75, 3.05) is 0 Å². The number of esters is 1. The van der Waals surface area contributed by atoms with Crippen LogP contribution in [0.1, 0.15) is 23.5 Å². The summed E-state index contributed by atoms with van der Waals surface area (Å²) in [7, 11) is 0. The molecule has 1 aliphatic heterocycles. The Morgan fingerprint density at radius 3 is 2.56 bits per heavy atom. The van der Waals surface area contributed by atoms with Gasteiger partial charge >= 0.3 is 5.97 Å². The van der Waals surface area contributed by atoms with E-state index in [-0.39, 0.29) is 40.4 Å². The molecule has 3 heterocycles. The van der Waals surface area contributed by atoms with Gasteiger partial charge in [0.05, 0.1) is 11.9 Å². The average molecular weight is 451 g/mol. The van der Waals surface area contributed by atoms with Crippen LogP contribution >= 0.6 is 0 Å². The molecule has 0 radical (unpaired) electrons. The van der Waals surface area contributed by atoms with Crippen molar-refractivity contribution in [2.45, 2.75) is 12.3 Å². The fraction of sp³-hybridized carbons (Fsp3) is 0.0741. The number of rotatable bonds is 2. The Labute approximate surface area is 192 Å². The summed E-state index contributed by atoms with van der Waals surface area (Å²) in [6, 6.07) is 18.3. The van der Waals surface area contributed by atoms with Crippen LogP contribution in [0.3, 0.4) is 0 Å². The number of carbonyl (C=O) groups excluding carboxylic acids is 1. The van der Waals surface area contributed by atoms with Gasteiger partial charge in [0.15, 0.2) is 5.43 Å². The molecule has 1 atom stereocenters. The Balaban J connectivity index is 1.68. The van der Waals surface area contributed by atoms with E-state index in [4.69, 9.17) is 9.15 Å². The molecule has 0 bridgehead atoms. The molecule has 1 aliphatic rings. The summed E-state index contributed by atoms with van der Waals surface area (Å²) in [5.41, 5.74) is 2.43. The largest absolute Gasteiger partial charge is 0.508 e. The highest BCUT2D eigenvalue weighted by atomic mass is 16.5. The molecule has 0 saturated heterocycles. The lowest BCUT2D eigenvalue weighted by Gasteiger charge is -2.26. The standard InChI is InChI=1S/C27H17NO6/c29-15-7-5-14(6-8-15)22-12-20(30)26-21(31)13-23-25(27(26)34-22)18(11-24(32)33-23)16-9-10-28-19-4-2-1-3-17(16)19/h1-10,12-13,18,29,31H,11H2/t18-/m0/s1. The molecule has 0 fully saturated rings. The first-order chi connectivity index (χ1) is 16.5. The van der Waals surface area contributed by atoms with E-state index in [1.807, 2.05) is 30.3 Å². The molecule has 0 unspecified atom stereocenters. The second-order valence-corrected chi connectivity index (χ2v) is 8.18. The van der Waals surface area contributed by atoms with Crippen molar-refractivity contribution in [2.24, 2.45) is 0 Å². The number of carbonyl (C=O) groups is 1. The van der Waals surface area contributed by atoms with Gasteiger partial charge in [-0.05, 0) is 42.0 Å². The summed E-state index contributed by atoms with van der Waals surface area (Å²) >= 11 is 0. The zero-order valence-electron chi connectivity index (χ0n) is 17.7. The van der Waals surface area contributed by atoms with E-state index < -0.39 is 17.3 Å². The van der Waals surface area contributed by atoms with E-state index >= 15 is 0 Å². The monoisotopic (exact) mass is 451 g/mol. The van der Waals surface area contributed by atoms with Crippen molar-refractivity contribution < 1.29 is 24.2 Å². The van der Waals surface area contributed by atoms with Gasteiger partial charge in [0, 0.05) is 40.8 Å². The topological polar surface area (TPSA) is 110 Å². The lowest BCUT2D eigenvalue weighted by atomic mass is 9.83. The third-order valence-corrected chi connectivity index (χ3v) is 6.13. The molecule has 6 rings (SSSR count). The van der Waals surface area contributed by atoms with Gasteiger partial charge < -0.3 is 19.4 Å². The summed E-state index contributed by atoms with van der Waals surface area (Å²) in [5.74, 6) is -0.760. The van der Waals surface area contributed by atoms with Crippen LogP contribution in [-0.2, 0) is 4.79 Å². The molecule has 0 aliphatic carbocycles. The third-order valence-electron chi connectivity index (χ3n) is 6.13. The van der Waals surface area contributed by atoms with E-state index in [9.17, 15) is 19.8 Å². The molecule has 0 amide bonds. The molecule has 34 heavy (non-hydrogen) atoms. The molecule has 2 N–H and O–H groups in total. The SMILES string of the molecule is O=C1C[C@@H](c2ccnc3ccccc23)c2c(cc(O)c3c(=O)cc(-c4ccc(O)cc4)oc23)O1. The molecule has 166 valence electrons. The van der Waals surface area contributed by atoms with Crippen LogP contribution in [0.15, 0.2) is 82.1 Å². The first-order valence-electron chi connectivity index (χ1n) is 10.7. The number of phenols is 2. The molecule has 3 aromatic carbocycles. The Kier molecular flexibility index (Phi) is 4.38. The van der Waals surface area contributed by atoms with Crippen molar-refractivity contribution in [3.63, 3.8) is 0 Å². The van der Waals surface area contributed by atoms with Crippen molar-refractivity contribution >= 4 is 27.8 Å². The number of para-hydroxylation sites is 1. The van der Waals surface area contributed by atoms with Gasteiger partial charge in [-0.25, -0.2) is 0 Å². The molecule has 2 aromatic heterocycles. The minimum atomic E-state index is -0.481. The lowest BCUT2D eigenvalue weighted by molar-refractivity contribution is -0.135. The fourth-order valence-electron chi connectivity index (χ4n) is 4.61. The maximum atomic E-state index is 13.1. The van der Waals surface area contributed by atoms with Gasteiger partial charge in [0.2, 0.25) is 0 Å². The minimum absolute atomic E-state index is 0.0163. The first kappa shape index (κ1) is 20.0. The second kappa shape index (κ2) is 7.45. The zero-order valence-corrected chi connectivity index (χ0v) is 17.7. The van der Waals surface area contributed by atoms with Gasteiger partial charge in [-0.2, -0.15) is 0 Å². The van der Waals surface area contributed by atoms with E-state index in [0.717, 1.165) is 16.5 Å². The van der Waals surface area contributed by atoms with E-state index in [1.54, 1.807) is 18.3 Å². The molecule has 0 spiro atoms. The Bertz CT molecular complexity index is 1660. The summed E-state index contributed by atoms with van der Waals surface area (Å²) in [6.45, 7) is 0. The highest BCUT2D eigenvalue weighted by molar-refractivity contribution is 5.94. The van der Waals surface area contributed by atoms with Gasteiger partial charge in [-0.3, -0.25) is 14.6 Å². The van der Waals surface area contributed by atoms with Crippen molar-refractivity contribution in [3.05, 3.63) is 94.3 Å². The number of phenolic OH excluding ortho intramolecular Hbond substituents is 2. The number of hydrogen-bond donors (Lipinski definition) is 2. The van der Waals surface area contributed by atoms with Crippen LogP contribution in [0, 0.1) is 0 Å². The van der Waals surface area contributed by atoms with Gasteiger partial charge in [0.1, 0.15) is 34.0 Å². The number of hydrogen-bond acceptors (Lipinski definition) is 7. The fourth-order valence-corrected chi connectivity index (χ4v) is 4.61. The normalized spacial score (nSPS) is 15.3. The molecular weight excluding hydrogens is 434 g/mol. The van der Waals surface area contributed by atoms with Gasteiger partial charge in [-0.1, -0.05) is 18.2 Å². The van der Waals surface area contributed by atoms with Gasteiger partial charge in [-0.15, -0.1) is 0 Å². The predicted molar refractivity (Wildman–Crippen MR) is 125 cm³/mol. The predicted octanol–water partition coefficient (Wildman–Crippen LogP) is 4.86.